The lowest BCUT2D eigenvalue weighted by Crippen LogP contribution is -2.39. The molecule has 1 aliphatic heterocycles. The lowest BCUT2D eigenvalue weighted by molar-refractivity contribution is 0.00295. The molecule has 16 heavy (non-hydrogen) atoms. The number of halogens is 1. The molecule has 1 N–H and O–H groups in total. The molecule has 0 aliphatic carbocycles. The van der Waals surface area contributed by atoms with Crippen LogP contribution in [0.1, 0.15) is 31.9 Å². The summed E-state index contributed by atoms with van der Waals surface area (Å²) in [6.45, 7) is 4.17. The van der Waals surface area contributed by atoms with Gasteiger partial charge in [-0.3, -0.25) is 0 Å². The van der Waals surface area contributed by atoms with Gasteiger partial charge in [-0.1, -0.05) is 22.0 Å². The Hall–Kier alpha value is -0.580. The second-order valence-corrected chi connectivity index (χ2v) is 5.54. The van der Waals surface area contributed by atoms with E-state index in [1.807, 2.05) is 12.1 Å². The van der Waals surface area contributed by atoms with Crippen molar-refractivity contribution in [1.82, 2.24) is 5.48 Å². The van der Waals surface area contributed by atoms with Crippen LogP contribution in [0.5, 0.6) is 5.75 Å². The minimum Gasteiger partial charge on any atom is -0.487 e. The molecule has 0 spiro atoms. The Morgan fingerprint density at radius 2 is 2.25 bits per heavy atom. The summed E-state index contributed by atoms with van der Waals surface area (Å²) in [4.78, 5) is 5.04. The lowest BCUT2D eigenvalue weighted by atomic mass is 9.90. The smallest absolute Gasteiger partial charge is 0.126 e. The second kappa shape index (κ2) is 4.35. The number of rotatable bonds is 2. The molecule has 1 atom stereocenters. The predicted octanol–water partition coefficient (Wildman–Crippen LogP) is 3.20. The largest absolute Gasteiger partial charge is 0.487 e. The van der Waals surface area contributed by atoms with Gasteiger partial charge in [0.15, 0.2) is 0 Å². The molecule has 0 saturated carbocycles. The Balaban J connectivity index is 2.38. The third-order valence-electron chi connectivity index (χ3n) is 2.69. The molecule has 3 nitrogen and oxygen atoms in total. The van der Waals surface area contributed by atoms with Gasteiger partial charge in [0.05, 0.1) is 13.2 Å². The third kappa shape index (κ3) is 2.39. The average Bonchev–Trinajstić information content (AvgIpc) is 2.15. The molecule has 0 bridgehead atoms. The number of fused-ring (bicyclic) bond motifs is 1. The highest BCUT2D eigenvalue weighted by atomic mass is 79.9. The minimum absolute atomic E-state index is 0.177. The van der Waals surface area contributed by atoms with Crippen molar-refractivity contribution in [2.75, 3.05) is 7.11 Å². The Morgan fingerprint density at radius 3 is 2.94 bits per heavy atom. The Morgan fingerprint density at radius 1 is 1.50 bits per heavy atom. The van der Waals surface area contributed by atoms with Gasteiger partial charge in [-0.2, -0.15) is 5.48 Å². The van der Waals surface area contributed by atoms with E-state index in [-0.39, 0.29) is 11.6 Å². The molecule has 88 valence electrons. The zero-order valence-corrected chi connectivity index (χ0v) is 11.3. The zero-order chi connectivity index (χ0) is 11.8. The number of ether oxygens (including phenoxy) is 1. The van der Waals surface area contributed by atoms with Crippen LogP contribution in [0, 0.1) is 0 Å². The second-order valence-electron chi connectivity index (χ2n) is 4.62. The number of hydrogen-bond donors (Lipinski definition) is 1. The van der Waals surface area contributed by atoms with Gasteiger partial charge in [0, 0.05) is 16.5 Å². The van der Waals surface area contributed by atoms with Crippen molar-refractivity contribution in [2.45, 2.75) is 31.9 Å². The van der Waals surface area contributed by atoms with Crippen molar-refractivity contribution in [1.29, 1.82) is 0 Å². The maximum absolute atomic E-state index is 5.95. The first-order valence-electron chi connectivity index (χ1n) is 5.29. The van der Waals surface area contributed by atoms with Gasteiger partial charge in [-0.25, -0.2) is 0 Å². The molecule has 1 aromatic rings. The summed E-state index contributed by atoms with van der Waals surface area (Å²) in [6.07, 6.45) is 0.884. The fourth-order valence-electron chi connectivity index (χ4n) is 2.07. The molecule has 1 aromatic carbocycles. The van der Waals surface area contributed by atoms with E-state index in [2.05, 4.69) is 41.3 Å². The van der Waals surface area contributed by atoms with Crippen LogP contribution in [0.4, 0.5) is 0 Å². The molecule has 0 fully saturated rings. The summed E-state index contributed by atoms with van der Waals surface area (Å²) < 4.78 is 6.98. The Kier molecular flexibility index (Phi) is 3.24. The van der Waals surface area contributed by atoms with Crippen molar-refractivity contribution >= 4 is 15.9 Å². The predicted molar refractivity (Wildman–Crippen MR) is 66.4 cm³/mol. The topological polar surface area (TPSA) is 30.5 Å². The van der Waals surface area contributed by atoms with E-state index in [9.17, 15) is 0 Å². The number of nitrogens with one attached hydrogen (secondary N) is 1. The summed E-state index contributed by atoms with van der Waals surface area (Å²) in [7, 11) is 1.64. The van der Waals surface area contributed by atoms with E-state index in [0.717, 1.165) is 22.2 Å². The van der Waals surface area contributed by atoms with Crippen LogP contribution in [0.2, 0.25) is 0 Å². The van der Waals surface area contributed by atoms with E-state index < -0.39 is 0 Å². The van der Waals surface area contributed by atoms with Crippen LogP contribution in [-0.4, -0.2) is 12.7 Å². The Bertz CT molecular complexity index is 393. The lowest BCUT2D eigenvalue weighted by Gasteiger charge is -2.37. The maximum Gasteiger partial charge on any atom is 0.126 e. The molecule has 0 aromatic heterocycles. The standard InChI is InChI=1S/C12H16BrNO2/c1-12(2)7-10(14-15-3)9-5-4-8(13)6-11(9)16-12/h4-6,10,14H,7H2,1-3H3. The molecule has 0 amide bonds. The minimum atomic E-state index is -0.177. The first kappa shape index (κ1) is 11.9. The van der Waals surface area contributed by atoms with E-state index in [1.165, 1.54) is 0 Å². The van der Waals surface area contributed by atoms with Crippen molar-refractivity contribution < 1.29 is 9.57 Å². The highest BCUT2D eigenvalue weighted by Gasteiger charge is 2.33. The third-order valence-corrected chi connectivity index (χ3v) is 3.19. The van der Waals surface area contributed by atoms with Crippen molar-refractivity contribution in [3.63, 3.8) is 0 Å². The van der Waals surface area contributed by atoms with E-state index in [1.54, 1.807) is 7.11 Å². The first-order chi connectivity index (χ1) is 7.52. The number of hydrogen-bond acceptors (Lipinski definition) is 3. The highest BCUT2D eigenvalue weighted by Crippen LogP contribution is 2.40. The number of hydroxylamine groups is 1. The monoisotopic (exact) mass is 285 g/mol. The number of benzene rings is 1. The van der Waals surface area contributed by atoms with Gasteiger partial charge < -0.3 is 9.57 Å². The van der Waals surface area contributed by atoms with Gasteiger partial charge in [0.25, 0.3) is 0 Å². The van der Waals surface area contributed by atoms with E-state index in [0.29, 0.717) is 0 Å². The first-order valence-corrected chi connectivity index (χ1v) is 6.08. The van der Waals surface area contributed by atoms with Gasteiger partial charge in [0.1, 0.15) is 11.4 Å². The fourth-order valence-corrected chi connectivity index (χ4v) is 2.41. The summed E-state index contributed by atoms with van der Waals surface area (Å²) in [5.74, 6) is 0.917. The van der Waals surface area contributed by atoms with Crippen LogP contribution in [0.25, 0.3) is 0 Å². The van der Waals surface area contributed by atoms with Gasteiger partial charge in [0.2, 0.25) is 0 Å². The van der Waals surface area contributed by atoms with E-state index in [4.69, 9.17) is 9.57 Å². The molecule has 2 rings (SSSR count). The average molecular weight is 286 g/mol. The Labute approximate surface area is 104 Å². The highest BCUT2D eigenvalue weighted by molar-refractivity contribution is 9.10. The van der Waals surface area contributed by atoms with E-state index >= 15 is 0 Å². The van der Waals surface area contributed by atoms with Crippen LogP contribution in [0.3, 0.4) is 0 Å². The molecule has 1 heterocycles. The summed E-state index contributed by atoms with van der Waals surface area (Å²) in [6, 6.07) is 6.26. The quantitative estimate of drug-likeness (QED) is 0.847. The van der Waals surface area contributed by atoms with Crippen molar-refractivity contribution in [3.8, 4) is 5.75 Å². The van der Waals surface area contributed by atoms with Crippen molar-refractivity contribution in [3.05, 3.63) is 28.2 Å². The molecule has 4 heteroatoms. The fraction of sp³-hybridized carbons (Fsp3) is 0.500. The van der Waals surface area contributed by atoms with Crippen LogP contribution >= 0.6 is 15.9 Å². The summed E-state index contributed by atoms with van der Waals surface area (Å²) in [5.41, 5.74) is 3.99. The summed E-state index contributed by atoms with van der Waals surface area (Å²) in [5, 5.41) is 0. The van der Waals surface area contributed by atoms with Crippen LogP contribution < -0.4 is 10.2 Å². The molecule has 1 unspecified atom stereocenters. The summed E-state index contributed by atoms with van der Waals surface area (Å²) >= 11 is 3.46. The van der Waals surface area contributed by atoms with Crippen LogP contribution in [0.15, 0.2) is 22.7 Å². The molecule has 0 saturated heterocycles. The van der Waals surface area contributed by atoms with Crippen molar-refractivity contribution in [2.24, 2.45) is 0 Å². The normalized spacial score (nSPS) is 22.4. The van der Waals surface area contributed by atoms with Gasteiger partial charge in [-0.05, 0) is 26.0 Å². The SMILES string of the molecule is CONC1CC(C)(C)Oc2cc(Br)ccc21. The zero-order valence-electron chi connectivity index (χ0n) is 9.71. The molecular weight excluding hydrogens is 270 g/mol. The molecule has 0 radical (unpaired) electrons. The van der Waals surface area contributed by atoms with Gasteiger partial charge >= 0.3 is 0 Å². The van der Waals surface area contributed by atoms with Crippen LogP contribution in [-0.2, 0) is 4.84 Å². The molecule has 1 aliphatic rings. The molecular formula is C12H16BrNO2. The maximum atomic E-state index is 5.95. The van der Waals surface area contributed by atoms with Gasteiger partial charge in [-0.15, -0.1) is 0 Å².